The largest absolute Gasteiger partial charge is 0.372 e. The molecular weight excluding hydrogens is 196 g/mol. The molecule has 16 heavy (non-hydrogen) atoms. The van der Waals surface area contributed by atoms with Gasteiger partial charge in [-0.3, -0.25) is 0 Å². The van der Waals surface area contributed by atoms with Crippen molar-refractivity contribution in [1.82, 2.24) is 0 Å². The number of benzene rings is 1. The van der Waals surface area contributed by atoms with E-state index >= 15 is 0 Å². The van der Waals surface area contributed by atoms with Crippen molar-refractivity contribution in [2.45, 2.75) is 57.7 Å². The highest BCUT2D eigenvalue weighted by Gasteiger charge is 2.56. The Morgan fingerprint density at radius 1 is 1.25 bits per heavy atom. The maximum absolute atomic E-state index is 6.11. The van der Waals surface area contributed by atoms with E-state index < -0.39 is 0 Å². The fourth-order valence-electron chi connectivity index (χ4n) is 2.50. The summed E-state index contributed by atoms with van der Waals surface area (Å²) in [6.07, 6.45) is 2.74. The van der Waals surface area contributed by atoms with Crippen LogP contribution >= 0.6 is 0 Å². The van der Waals surface area contributed by atoms with Gasteiger partial charge in [-0.2, -0.15) is 0 Å². The van der Waals surface area contributed by atoms with Crippen LogP contribution in [0.25, 0.3) is 0 Å². The number of hydrogen-bond acceptors (Lipinski definition) is 1. The van der Waals surface area contributed by atoms with E-state index in [0.29, 0.717) is 6.10 Å². The fourth-order valence-corrected chi connectivity index (χ4v) is 2.50. The molecule has 1 heteroatoms. The van der Waals surface area contributed by atoms with Crippen LogP contribution in [0.3, 0.4) is 0 Å². The van der Waals surface area contributed by atoms with Crippen LogP contribution in [-0.4, -0.2) is 11.7 Å². The third-order valence-electron chi connectivity index (χ3n) is 3.48. The van der Waals surface area contributed by atoms with E-state index in [9.17, 15) is 0 Å². The van der Waals surface area contributed by atoms with Gasteiger partial charge in [-0.25, -0.2) is 0 Å². The van der Waals surface area contributed by atoms with Crippen LogP contribution in [0.5, 0.6) is 0 Å². The zero-order chi connectivity index (χ0) is 11.8. The lowest BCUT2D eigenvalue weighted by Gasteiger charge is -2.23. The molecule has 88 valence electrons. The van der Waals surface area contributed by atoms with Crippen LogP contribution in [-0.2, 0) is 10.2 Å². The highest BCUT2D eigenvalue weighted by Crippen LogP contribution is 2.54. The van der Waals surface area contributed by atoms with Gasteiger partial charge in [0.2, 0.25) is 0 Å². The molecule has 1 aromatic carbocycles. The summed E-state index contributed by atoms with van der Waals surface area (Å²) in [5, 5.41) is 0. The summed E-state index contributed by atoms with van der Waals surface area (Å²) < 4.78 is 6.11. The molecule has 1 aliphatic rings. The van der Waals surface area contributed by atoms with Gasteiger partial charge in [0.1, 0.15) is 0 Å². The van der Waals surface area contributed by atoms with Crippen molar-refractivity contribution in [3.8, 4) is 0 Å². The Kier molecular flexibility index (Phi) is 2.83. The molecule has 0 spiro atoms. The molecule has 2 rings (SSSR count). The smallest absolute Gasteiger partial charge is 0.0689 e. The van der Waals surface area contributed by atoms with Crippen LogP contribution < -0.4 is 0 Å². The van der Waals surface area contributed by atoms with Crippen molar-refractivity contribution in [2.75, 3.05) is 0 Å². The average Bonchev–Trinajstić information content (AvgIpc) is 2.91. The molecule has 1 nitrogen and oxygen atoms in total. The normalized spacial score (nSPS) is 29.1. The van der Waals surface area contributed by atoms with E-state index in [1.807, 2.05) is 0 Å². The summed E-state index contributed by atoms with van der Waals surface area (Å²) in [4.78, 5) is 0. The molecule has 0 aliphatic heterocycles. The molecule has 0 aromatic heterocycles. The van der Waals surface area contributed by atoms with E-state index in [2.05, 4.69) is 58.0 Å². The van der Waals surface area contributed by atoms with Gasteiger partial charge < -0.3 is 4.74 Å². The van der Waals surface area contributed by atoms with Gasteiger partial charge in [0.15, 0.2) is 0 Å². The summed E-state index contributed by atoms with van der Waals surface area (Å²) in [5.74, 6) is 0. The molecule has 0 amide bonds. The van der Waals surface area contributed by atoms with E-state index in [4.69, 9.17) is 4.74 Å². The van der Waals surface area contributed by atoms with E-state index in [1.165, 1.54) is 12.0 Å². The second-order valence-electron chi connectivity index (χ2n) is 5.80. The summed E-state index contributed by atoms with van der Waals surface area (Å²) in [6, 6.07) is 10.8. The lowest BCUT2D eigenvalue weighted by molar-refractivity contribution is -0.0253. The van der Waals surface area contributed by atoms with Crippen molar-refractivity contribution in [1.29, 1.82) is 0 Å². The lowest BCUT2D eigenvalue weighted by atomic mass is 9.93. The van der Waals surface area contributed by atoms with Crippen LogP contribution in [0.1, 0.15) is 46.1 Å². The minimum atomic E-state index is -0.0314. The van der Waals surface area contributed by atoms with Crippen molar-refractivity contribution in [3.63, 3.8) is 0 Å². The Balaban J connectivity index is 2.14. The van der Waals surface area contributed by atoms with Gasteiger partial charge >= 0.3 is 0 Å². The number of rotatable bonds is 3. The summed E-state index contributed by atoms with van der Waals surface area (Å²) in [7, 11) is 0. The third kappa shape index (κ3) is 2.15. The molecule has 0 saturated heterocycles. The summed E-state index contributed by atoms with van der Waals surface area (Å²) >= 11 is 0. The topological polar surface area (TPSA) is 9.23 Å². The Bertz CT molecular complexity index is 349. The molecule has 0 radical (unpaired) electrons. The van der Waals surface area contributed by atoms with E-state index in [0.717, 1.165) is 6.42 Å². The van der Waals surface area contributed by atoms with Gasteiger partial charge in [0, 0.05) is 5.41 Å². The predicted molar refractivity (Wildman–Crippen MR) is 67.7 cm³/mol. The molecule has 0 bridgehead atoms. The first-order valence-electron chi connectivity index (χ1n) is 6.21. The quantitative estimate of drug-likeness (QED) is 0.747. The molecule has 2 atom stereocenters. The van der Waals surface area contributed by atoms with Gasteiger partial charge in [-0.05, 0) is 39.2 Å². The zero-order valence-electron chi connectivity index (χ0n) is 10.8. The highest BCUT2D eigenvalue weighted by molar-refractivity contribution is 5.34. The van der Waals surface area contributed by atoms with Crippen molar-refractivity contribution < 1.29 is 4.74 Å². The molecule has 1 aromatic rings. The predicted octanol–water partition coefficient (Wildman–Crippen LogP) is 3.92. The van der Waals surface area contributed by atoms with Crippen LogP contribution in [0.15, 0.2) is 30.3 Å². The Hall–Kier alpha value is -0.820. The Labute approximate surface area is 98.8 Å². The lowest BCUT2D eigenvalue weighted by Crippen LogP contribution is -2.25. The van der Waals surface area contributed by atoms with Crippen molar-refractivity contribution in [3.05, 3.63) is 35.9 Å². The molecular formula is C15H22O. The molecule has 0 heterocycles. The minimum Gasteiger partial charge on any atom is -0.372 e. The molecule has 0 N–H and O–H groups in total. The Morgan fingerprint density at radius 3 is 2.38 bits per heavy atom. The maximum atomic E-state index is 6.11. The van der Waals surface area contributed by atoms with Crippen molar-refractivity contribution in [2.24, 2.45) is 0 Å². The van der Waals surface area contributed by atoms with Crippen molar-refractivity contribution >= 4 is 0 Å². The van der Waals surface area contributed by atoms with E-state index in [-0.39, 0.29) is 11.0 Å². The van der Waals surface area contributed by atoms with Gasteiger partial charge in [-0.15, -0.1) is 0 Å². The van der Waals surface area contributed by atoms with Crippen LogP contribution in [0.4, 0.5) is 0 Å². The molecule has 1 saturated carbocycles. The SMILES string of the molecule is CC[C@]1(c2ccccc2)C[C@@H]1OC(C)(C)C. The van der Waals surface area contributed by atoms with Gasteiger partial charge in [-0.1, -0.05) is 37.3 Å². The molecule has 0 unspecified atom stereocenters. The maximum Gasteiger partial charge on any atom is 0.0689 e. The standard InChI is InChI=1S/C15H22O/c1-5-15(12-9-7-6-8-10-12)11-13(15)16-14(2,3)4/h6-10,13H,5,11H2,1-4H3/t13-,15+/m0/s1. The van der Waals surface area contributed by atoms with Gasteiger partial charge in [0.05, 0.1) is 11.7 Å². The first kappa shape index (κ1) is 11.7. The zero-order valence-corrected chi connectivity index (χ0v) is 10.8. The average molecular weight is 218 g/mol. The number of hydrogen-bond donors (Lipinski definition) is 0. The summed E-state index contributed by atoms with van der Waals surface area (Å²) in [5.41, 5.74) is 1.69. The Morgan fingerprint density at radius 2 is 1.88 bits per heavy atom. The van der Waals surface area contributed by atoms with Gasteiger partial charge in [0.25, 0.3) is 0 Å². The molecule has 1 fully saturated rings. The first-order valence-corrected chi connectivity index (χ1v) is 6.21. The first-order chi connectivity index (χ1) is 7.48. The summed E-state index contributed by atoms with van der Waals surface area (Å²) in [6.45, 7) is 8.67. The fraction of sp³-hybridized carbons (Fsp3) is 0.600. The third-order valence-corrected chi connectivity index (χ3v) is 3.48. The molecule has 1 aliphatic carbocycles. The number of ether oxygens (including phenoxy) is 1. The highest BCUT2D eigenvalue weighted by atomic mass is 16.5. The minimum absolute atomic E-state index is 0.0314. The van der Waals surface area contributed by atoms with Crippen LogP contribution in [0, 0.1) is 0 Å². The second kappa shape index (κ2) is 3.89. The van der Waals surface area contributed by atoms with E-state index in [1.54, 1.807) is 0 Å². The monoisotopic (exact) mass is 218 g/mol. The van der Waals surface area contributed by atoms with Crippen LogP contribution in [0.2, 0.25) is 0 Å². The second-order valence-corrected chi connectivity index (χ2v) is 5.80.